The number of esters is 1. The average Bonchev–Trinajstić information content (AvgIpc) is 2.84. The van der Waals surface area contributed by atoms with Gasteiger partial charge in [-0.15, -0.1) is 0 Å². The summed E-state index contributed by atoms with van der Waals surface area (Å²) < 4.78 is 9.72. The van der Waals surface area contributed by atoms with Gasteiger partial charge in [0.1, 0.15) is 0 Å². The first-order valence-corrected chi connectivity index (χ1v) is 11.3. The Morgan fingerprint density at radius 1 is 1.15 bits per heavy atom. The van der Waals surface area contributed by atoms with Gasteiger partial charge in [-0.25, -0.2) is 0 Å². The number of ether oxygens (including phenoxy) is 2. The molecule has 2 N–H and O–H groups in total. The zero-order chi connectivity index (χ0) is 23.5. The summed E-state index contributed by atoms with van der Waals surface area (Å²) in [4.78, 5) is 22.4. The first kappa shape index (κ1) is 24.4. The highest BCUT2D eigenvalue weighted by atomic mass is 16.5. The second-order valence-corrected chi connectivity index (χ2v) is 7.72. The zero-order valence-electron chi connectivity index (χ0n) is 19.3. The van der Waals surface area contributed by atoms with E-state index >= 15 is 0 Å². The van der Waals surface area contributed by atoms with Crippen molar-refractivity contribution in [3.05, 3.63) is 64.7 Å². The first-order chi connectivity index (χ1) is 16.0. The van der Waals surface area contributed by atoms with Gasteiger partial charge in [-0.1, -0.05) is 18.2 Å². The number of morpholine rings is 1. The van der Waals surface area contributed by atoms with E-state index in [1.807, 2.05) is 53.7 Å². The highest BCUT2D eigenvalue weighted by Crippen LogP contribution is 2.17. The van der Waals surface area contributed by atoms with E-state index in [0.717, 1.165) is 57.1 Å². The minimum Gasteiger partial charge on any atom is -0.466 e. The molecule has 0 radical (unpaired) electrons. The van der Waals surface area contributed by atoms with Crippen molar-refractivity contribution in [2.75, 3.05) is 44.8 Å². The van der Waals surface area contributed by atoms with E-state index in [9.17, 15) is 9.59 Å². The van der Waals surface area contributed by atoms with Gasteiger partial charge in [0, 0.05) is 24.7 Å². The second-order valence-electron chi connectivity index (χ2n) is 7.72. The van der Waals surface area contributed by atoms with Crippen LogP contribution in [0.3, 0.4) is 0 Å². The Hall–Kier alpha value is -3.23. The summed E-state index contributed by atoms with van der Waals surface area (Å²) in [6.07, 6.45) is 2.81. The number of hydrazone groups is 1. The van der Waals surface area contributed by atoms with Gasteiger partial charge in [0.05, 0.1) is 39.1 Å². The summed E-state index contributed by atoms with van der Waals surface area (Å²) in [5.74, 6) is -0.288. The first-order valence-electron chi connectivity index (χ1n) is 11.3. The van der Waals surface area contributed by atoms with Crippen LogP contribution in [0.2, 0.25) is 0 Å². The van der Waals surface area contributed by atoms with Gasteiger partial charge in [-0.2, -0.15) is 5.10 Å². The largest absolute Gasteiger partial charge is 0.466 e. The molecule has 1 fully saturated rings. The highest BCUT2D eigenvalue weighted by Gasteiger charge is 2.13. The van der Waals surface area contributed by atoms with Gasteiger partial charge in [0.2, 0.25) is 0 Å². The van der Waals surface area contributed by atoms with Crippen molar-refractivity contribution in [2.45, 2.75) is 26.8 Å². The number of fused-ring (bicyclic) bond motifs is 1. The maximum Gasteiger partial charge on any atom is 0.302 e. The quantitative estimate of drug-likeness (QED) is 0.535. The molecule has 2 aliphatic rings. The lowest BCUT2D eigenvalue weighted by Gasteiger charge is -2.23. The van der Waals surface area contributed by atoms with E-state index in [1.165, 1.54) is 18.1 Å². The normalized spacial score (nSPS) is 15.3. The zero-order valence-corrected chi connectivity index (χ0v) is 19.3. The van der Waals surface area contributed by atoms with Crippen molar-refractivity contribution in [2.24, 2.45) is 5.10 Å². The molecule has 0 unspecified atom stereocenters. The molecule has 0 aromatic heterocycles. The van der Waals surface area contributed by atoms with Crippen molar-refractivity contribution >= 4 is 23.8 Å². The monoisotopic (exact) mass is 452 g/mol. The minimum atomic E-state index is -0.211. The molecular weight excluding hydrogens is 420 g/mol. The van der Waals surface area contributed by atoms with Crippen LogP contribution in [0.25, 0.3) is 0 Å². The summed E-state index contributed by atoms with van der Waals surface area (Å²) >= 11 is 0. The van der Waals surface area contributed by atoms with Crippen molar-refractivity contribution in [1.82, 2.24) is 10.3 Å². The molecule has 0 bridgehead atoms. The number of rotatable bonds is 5. The molecule has 0 aliphatic carbocycles. The van der Waals surface area contributed by atoms with Crippen molar-refractivity contribution in [3.63, 3.8) is 0 Å². The lowest BCUT2D eigenvalue weighted by Crippen LogP contribution is -2.32. The van der Waals surface area contributed by atoms with Gasteiger partial charge in [-0.3, -0.25) is 14.6 Å². The maximum atomic E-state index is 12.5. The molecule has 4 rings (SSSR count). The van der Waals surface area contributed by atoms with Crippen molar-refractivity contribution < 1.29 is 19.1 Å². The van der Waals surface area contributed by atoms with Crippen molar-refractivity contribution in [1.29, 1.82) is 0 Å². The predicted octanol–water partition coefficient (Wildman–Crippen LogP) is 2.82. The molecular formula is C25H32N4O4. The Kier molecular flexibility index (Phi) is 9.41. The van der Waals surface area contributed by atoms with Crippen LogP contribution in [0.1, 0.15) is 40.9 Å². The molecule has 2 aliphatic heterocycles. The Morgan fingerprint density at radius 2 is 1.91 bits per heavy atom. The number of nitrogens with zero attached hydrogens (tertiary/aromatic N) is 2. The van der Waals surface area contributed by atoms with Crippen LogP contribution in [0.5, 0.6) is 0 Å². The molecule has 176 valence electrons. The Balaban J connectivity index is 0.000000454. The maximum absolute atomic E-state index is 12.5. The van der Waals surface area contributed by atoms with Crippen LogP contribution < -0.4 is 10.6 Å². The number of benzene rings is 2. The molecule has 0 spiro atoms. The molecule has 1 saturated heterocycles. The number of hydrogen-bond acceptors (Lipinski definition) is 7. The fourth-order valence-electron chi connectivity index (χ4n) is 3.50. The minimum absolute atomic E-state index is 0.0777. The van der Waals surface area contributed by atoms with E-state index in [0.29, 0.717) is 12.2 Å². The third-order valence-corrected chi connectivity index (χ3v) is 5.23. The lowest BCUT2D eigenvalue weighted by molar-refractivity contribution is -0.140. The third kappa shape index (κ3) is 8.00. The van der Waals surface area contributed by atoms with E-state index in [-0.39, 0.29) is 11.9 Å². The summed E-state index contributed by atoms with van der Waals surface area (Å²) in [5.41, 5.74) is 5.02. The van der Waals surface area contributed by atoms with E-state index in [2.05, 4.69) is 20.5 Å². The van der Waals surface area contributed by atoms with Crippen LogP contribution in [0.15, 0.2) is 47.6 Å². The summed E-state index contributed by atoms with van der Waals surface area (Å²) in [5, 5.41) is 12.8. The number of hydrogen-bond donors (Lipinski definition) is 2. The van der Waals surface area contributed by atoms with Gasteiger partial charge in [-0.05, 0) is 60.8 Å². The van der Waals surface area contributed by atoms with Crippen LogP contribution in [0, 0.1) is 0 Å². The van der Waals surface area contributed by atoms with Gasteiger partial charge >= 0.3 is 5.97 Å². The standard InChI is InChI=1S/C21H24N4O2.C4H8O2/c26-21(18-3-4-19-15-22-8-7-17(19)13-18)24-20-5-1-16(2-6-20)14-23-25-9-11-27-12-10-25;1-3-6-4(2)5/h1-6,13-14,22H,7-12,15H2,(H,24,26);3H2,1-2H3. The Labute approximate surface area is 195 Å². The lowest BCUT2D eigenvalue weighted by atomic mass is 9.98. The van der Waals surface area contributed by atoms with Crippen LogP contribution in [-0.4, -0.2) is 62.6 Å². The Bertz CT molecular complexity index is 953. The average molecular weight is 453 g/mol. The molecule has 8 nitrogen and oxygen atoms in total. The molecule has 0 saturated carbocycles. The van der Waals surface area contributed by atoms with Gasteiger partial charge in [0.15, 0.2) is 0 Å². The van der Waals surface area contributed by atoms with E-state index < -0.39 is 0 Å². The predicted molar refractivity (Wildman–Crippen MR) is 129 cm³/mol. The summed E-state index contributed by atoms with van der Waals surface area (Å²) in [7, 11) is 0. The second kappa shape index (κ2) is 12.7. The fourth-order valence-corrected chi connectivity index (χ4v) is 3.50. The Morgan fingerprint density at radius 3 is 2.58 bits per heavy atom. The van der Waals surface area contributed by atoms with Gasteiger partial charge < -0.3 is 20.1 Å². The smallest absolute Gasteiger partial charge is 0.302 e. The topological polar surface area (TPSA) is 92.3 Å². The molecule has 8 heteroatoms. The van der Waals surface area contributed by atoms with Crippen LogP contribution >= 0.6 is 0 Å². The number of carbonyl (C=O) groups excluding carboxylic acids is 2. The third-order valence-electron chi connectivity index (χ3n) is 5.23. The molecule has 2 heterocycles. The molecule has 2 aromatic carbocycles. The number of carbonyl (C=O) groups is 2. The number of nitrogens with one attached hydrogen (secondary N) is 2. The van der Waals surface area contributed by atoms with E-state index in [1.54, 1.807) is 6.92 Å². The summed E-state index contributed by atoms with van der Waals surface area (Å²) in [6, 6.07) is 13.7. The molecule has 2 aromatic rings. The van der Waals surface area contributed by atoms with Crippen molar-refractivity contribution in [3.8, 4) is 0 Å². The molecule has 0 atom stereocenters. The highest BCUT2D eigenvalue weighted by molar-refractivity contribution is 6.04. The van der Waals surface area contributed by atoms with Crippen LogP contribution in [-0.2, 0) is 27.2 Å². The van der Waals surface area contributed by atoms with Gasteiger partial charge in [0.25, 0.3) is 5.91 Å². The fraction of sp³-hybridized carbons (Fsp3) is 0.400. The van der Waals surface area contributed by atoms with E-state index in [4.69, 9.17) is 4.74 Å². The number of anilines is 1. The summed E-state index contributed by atoms with van der Waals surface area (Å²) in [6.45, 7) is 8.59. The molecule has 1 amide bonds. The molecule has 33 heavy (non-hydrogen) atoms. The number of amides is 1. The van der Waals surface area contributed by atoms with Crippen LogP contribution in [0.4, 0.5) is 5.69 Å². The SMILES string of the molecule is CCOC(C)=O.O=C(Nc1ccc(C=NN2CCOCC2)cc1)c1ccc2c(c1)CCNC2.